The lowest BCUT2D eigenvalue weighted by Gasteiger charge is -2.20. The number of aromatic nitrogens is 1. The molecular formula is C22H19N3O2. The van der Waals surface area contributed by atoms with Crippen LogP contribution in [0.4, 0.5) is 5.69 Å². The molecule has 0 saturated heterocycles. The minimum Gasteiger partial charge on any atom is -0.258 e. The first-order chi connectivity index (χ1) is 13.1. The molecule has 2 aliphatic carbocycles. The van der Waals surface area contributed by atoms with Gasteiger partial charge in [0.15, 0.2) is 0 Å². The molecule has 1 aromatic heterocycles. The number of para-hydroxylation sites is 1. The van der Waals surface area contributed by atoms with E-state index in [1.165, 1.54) is 18.5 Å². The fourth-order valence-corrected chi connectivity index (χ4v) is 4.11. The lowest BCUT2D eigenvalue weighted by Crippen LogP contribution is -2.23. The monoisotopic (exact) mass is 357 g/mol. The Morgan fingerprint density at radius 3 is 2.74 bits per heavy atom. The summed E-state index contributed by atoms with van der Waals surface area (Å²) in [7, 11) is 0. The highest BCUT2D eigenvalue weighted by molar-refractivity contribution is 6.32. The zero-order valence-corrected chi connectivity index (χ0v) is 15.1. The molecule has 1 aliphatic heterocycles. The van der Waals surface area contributed by atoms with Crippen molar-refractivity contribution in [2.45, 2.75) is 32.1 Å². The predicted octanol–water partition coefficient (Wildman–Crippen LogP) is 4.85. The number of nitrogens with zero attached hydrogens (tertiary/aromatic N) is 3. The van der Waals surface area contributed by atoms with E-state index in [9.17, 15) is 10.1 Å². The molecule has 0 bridgehead atoms. The van der Waals surface area contributed by atoms with Crippen LogP contribution >= 0.6 is 0 Å². The zero-order chi connectivity index (χ0) is 18.5. The number of aliphatic imine (C=N–C) groups is 1. The number of fused-ring (bicyclic) bond motifs is 3. The van der Waals surface area contributed by atoms with Crippen LogP contribution in [0.2, 0.25) is 0 Å². The van der Waals surface area contributed by atoms with Crippen molar-refractivity contribution in [2.75, 3.05) is 0 Å². The molecule has 0 radical (unpaired) electrons. The summed E-state index contributed by atoms with van der Waals surface area (Å²) in [6.45, 7) is 1.82. The Morgan fingerprint density at radius 2 is 1.96 bits per heavy atom. The molecule has 5 nitrogen and oxygen atoms in total. The lowest BCUT2D eigenvalue weighted by atomic mass is 9.82. The number of benzene rings is 1. The van der Waals surface area contributed by atoms with E-state index in [4.69, 9.17) is 9.98 Å². The summed E-state index contributed by atoms with van der Waals surface area (Å²) in [5.41, 5.74) is 6.22. The van der Waals surface area contributed by atoms with Crippen LogP contribution in [0.25, 0.3) is 5.57 Å². The first-order valence-electron chi connectivity index (χ1n) is 9.33. The minimum atomic E-state index is -0.277. The molecule has 1 saturated carbocycles. The third-order valence-electron chi connectivity index (χ3n) is 5.52. The molecule has 1 atom stereocenters. The Bertz CT molecular complexity index is 1060. The van der Waals surface area contributed by atoms with Gasteiger partial charge in [-0.25, -0.2) is 0 Å². The summed E-state index contributed by atoms with van der Waals surface area (Å²) < 4.78 is 0. The number of rotatable bonds is 4. The fourth-order valence-electron chi connectivity index (χ4n) is 4.11. The Kier molecular flexibility index (Phi) is 3.57. The normalized spacial score (nSPS) is 20.7. The van der Waals surface area contributed by atoms with Crippen molar-refractivity contribution in [3.63, 3.8) is 0 Å². The van der Waals surface area contributed by atoms with Crippen molar-refractivity contribution in [3.05, 3.63) is 86.9 Å². The highest BCUT2D eigenvalue weighted by atomic mass is 16.6. The van der Waals surface area contributed by atoms with Gasteiger partial charge in [0.2, 0.25) is 0 Å². The topological polar surface area (TPSA) is 68.4 Å². The summed E-state index contributed by atoms with van der Waals surface area (Å²) in [5.74, 6) is 0.608. The standard InChI is InChI=1S/C22H19N3O2/c1-13-11-15(12-16-5-4-8-18(23-16)14-9-10-14)21-20(22(13)25(26)27)17-6-2-3-7-19(17)24-21/h2-8,11,14-15H,9-10,12H2,1H3. The third kappa shape index (κ3) is 2.70. The summed E-state index contributed by atoms with van der Waals surface area (Å²) in [6.07, 6.45) is 5.14. The van der Waals surface area contributed by atoms with Crippen molar-refractivity contribution in [1.82, 2.24) is 4.98 Å². The van der Waals surface area contributed by atoms with Gasteiger partial charge < -0.3 is 0 Å². The molecular weight excluding hydrogens is 338 g/mol. The van der Waals surface area contributed by atoms with Crippen LogP contribution in [0, 0.1) is 16.0 Å². The smallest absolute Gasteiger partial charge is 0.258 e. The van der Waals surface area contributed by atoms with Gasteiger partial charge in [-0.1, -0.05) is 30.3 Å². The van der Waals surface area contributed by atoms with E-state index in [0.717, 1.165) is 22.7 Å². The summed E-state index contributed by atoms with van der Waals surface area (Å²) in [5, 5.41) is 11.7. The molecule has 5 heteroatoms. The maximum Gasteiger partial charge on any atom is 0.281 e. The molecule has 5 rings (SSSR count). The number of pyridine rings is 1. The van der Waals surface area contributed by atoms with E-state index >= 15 is 0 Å². The van der Waals surface area contributed by atoms with Crippen LogP contribution in [-0.2, 0) is 6.42 Å². The predicted molar refractivity (Wildman–Crippen MR) is 105 cm³/mol. The first-order valence-corrected chi connectivity index (χ1v) is 9.33. The van der Waals surface area contributed by atoms with Crippen molar-refractivity contribution < 1.29 is 4.92 Å². The molecule has 0 spiro atoms. The lowest BCUT2D eigenvalue weighted by molar-refractivity contribution is -0.419. The highest BCUT2D eigenvalue weighted by Crippen LogP contribution is 2.44. The Hall–Kier alpha value is -3.08. The number of allylic oxidation sites excluding steroid dienone is 3. The second kappa shape index (κ2) is 5.98. The number of hydrogen-bond donors (Lipinski definition) is 0. The van der Waals surface area contributed by atoms with E-state index in [0.29, 0.717) is 23.5 Å². The zero-order valence-electron chi connectivity index (χ0n) is 15.1. The van der Waals surface area contributed by atoms with E-state index in [1.54, 1.807) is 0 Å². The maximum absolute atomic E-state index is 11.7. The quantitative estimate of drug-likeness (QED) is 0.580. The van der Waals surface area contributed by atoms with E-state index in [1.807, 2.05) is 43.3 Å². The van der Waals surface area contributed by atoms with E-state index in [2.05, 4.69) is 12.1 Å². The van der Waals surface area contributed by atoms with E-state index in [-0.39, 0.29) is 16.5 Å². The number of hydrogen-bond acceptors (Lipinski definition) is 4. The Morgan fingerprint density at radius 1 is 1.15 bits per heavy atom. The molecule has 1 fully saturated rings. The molecule has 134 valence electrons. The first kappa shape index (κ1) is 16.1. The molecule has 1 aromatic carbocycles. The average molecular weight is 357 g/mol. The van der Waals surface area contributed by atoms with Gasteiger partial charge in [0.1, 0.15) is 0 Å². The molecule has 0 amide bonds. The van der Waals surface area contributed by atoms with Gasteiger partial charge in [-0.05, 0) is 38.0 Å². The second-order valence-corrected chi connectivity index (χ2v) is 7.48. The van der Waals surface area contributed by atoms with Gasteiger partial charge in [0.25, 0.3) is 5.70 Å². The Labute approximate surface area is 157 Å². The van der Waals surface area contributed by atoms with Gasteiger partial charge in [-0.2, -0.15) is 0 Å². The fraction of sp³-hybridized carbons (Fsp3) is 0.273. The Balaban J connectivity index is 1.56. The van der Waals surface area contributed by atoms with Gasteiger partial charge in [0.05, 0.1) is 21.9 Å². The molecule has 2 heterocycles. The van der Waals surface area contributed by atoms with Crippen molar-refractivity contribution in [2.24, 2.45) is 10.9 Å². The van der Waals surface area contributed by atoms with Crippen molar-refractivity contribution in [1.29, 1.82) is 0 Å². The summed E-state index contributed by atoms with van der Waals surface area (Å²) in [4.78, 5) is 21.1. The van der Waals surface area contributed by atoms with Crippen LogP contribution in [0.3, 0.4) is 0 Å². The van der Waals surface area contributed by atoms with Gasteiger partial charge in [-0.3, -0.25) is 20.1 Å². The molecule has 0 N–H and O–H groups in total. The summed E-state index contributed by atoms with van der Waals surface area (Å²) >= 11 is 0. The van der Waals surface area contributed by atoms with Crippen LogP contribution in [0.15, 0.2) is 64.8 Å². The molecule has 2 aromatic rings. The van der Waals surface area contributed by atoms with E-state index < -0.39 is 0 Å². The van der Waals surface area contributed by atoms with Crippen molar-refractivity contribution >= 4 is 17.0 Å². The third-order valence-corrected chi connectivity index (χ3v) is 5.52. The minimum absolute atomic E-state index is 0.00180. The van der Waals surface area contributed by atoms with Gasteiger partial charge in [0, 0.05) is 40.8 Å². The second-order valence-electron chi connectivity index (χ2n) is 7.48. The van der Waals surface area contributed by atoms with Crippen LogP contribution in [0.5, 0.6) is 0 Å². The average Bonchev–Trinajstić information content (AvgIpc) is 3.43. The van der Waals surface area contributed by atoms with Crippen LogP contribution < -0.4 is 0 Å². The molecule has 27 heavy (non-hydrogen) atoms. The summed E-state index contributed by atoms with van der Waals surface area (Å²) in [6, 6.07) is 13.9. The largest absolute Gasteiger partial charge is 0.281 e. The van der Waals surface area contributed by atoms with Gasteiger partial charge in [-0.15, -0.1) is 0 Å². The number of nitro groups is 1. The molecule has 1 unspecified atom stereocenters. The SMILES string of the molecule is CC1=CC(Cc2cccc(C3CC3)n2)C2=Nc3ccccc3C2=C1[N+](=O)[O-]. The van der Waals surface area contributed by atoms with Crippen LogP contribution in [-0.4, -0.2) is 15.6 Å². The highest BCUT2D eigenvalue weighted by Gasteiger charge is 2.38. The van der Waals surface area contributed by atoms with Crippen LogP contribution in [0.1, 0.15) is 42.6 Å². The maximum atomic E-state index is 11.7. The van der Waals surface area contributed by atoms with Gasteiger partial charge >= 0.3 is 0 Å². The molecule has 3 aliphatic rings. The van der Waals surface area contributed by atoms with Crippen molar-refractivity contribution in [3.8, 4) is 0 Å².